The molecule has 0 radical (unpaired) electrons. The normalized spacial score (nSPS) is 29.8. The maximum atomic E-state index is 13.1. The van der Waals surface area contributed by atoms with Crippen LogP contribution in [0.25, 0.3) is 0 Å². The van der Waals surface area contributed by atoms with Gasteiger partial charge in [0.25, 0.3) is 0 Å². The van der Waals surface area contributed by atoms with Gasteiger partial charge in [-0.25, -0.2) is 0 Å². The van der Waals surface area contributed by atoms with E-state index in [2.05, 4.69) is 50.1 Å². The van der Waals surface area contributed by atoms with Crippen LogP contribution in [0, 0.1) is 29.6 Å². The number of allylic oxidation sites excluding steroid dienone is 5. The van der Waals surface area contributed by atoms with Crippen LogP contribution in [0.5, 0.6) is 5.75 Å². The number of ketones is 2. The summed E-state index contributed by atoms with van der Waals surface area (Å²) in [6.45, 7) is 4.99. The lowest BCUT2D eigenvalue weighted by Gasteiger charge is -2.50. The minimum atomic E-state index is -0.232. The predicted octanol–water partition coefficient (Wildman–Crippen LogP) is 7.28. The number of hydrogen-bond donors (Lipinski definition) is 0. The highest BCUT2D eigenvalue weighted by molar-refractivity contribution is 5.93. The third-order valence-corrected chi connectivity index (χ3v) is 9.27. The zero-order valence-electron chi connectivity index (χ0n) is 21.8. The molecule has 2 saturated carbocycles. The van der Waals surface area contributed by atoms with E-state index in [1.807, 2.05) is 6.08 Å². The number of benzene rings is 1. The highest BCUT2D eigenvalue weighted by Crippen LogP contribution is 2.62. The monoisotopic (exact) mass is 482 g/mol. The van der Waals surface area contributed by atoms with Gasteiger partial charge in [0.1, 0.15) is 11.5 Å². The van der Waals surface area contributed by atoms with Gasteiger partial charge >= 0.3 is 0 Å². The van der Waals surface area contributed by atoms with Crippen molar-refractivity contribution in [3.8, 4) is 18.1 Å². The van der Waals surface area contributed by atoms with E-state index in [0.29, 0.717) is 30.6 Å². The maximum Gasteiger partial charge on any atom is 0.156 e. The van der Waals surface area contributed by atoms with Crippen molar-refractivity contribution >= 4 is 11.6 Å². The SMILES string of the molecule is C#CCCC(C)=CCCOc1ccc(C2CC3(C)C(=O)CCC3C3CCC4=CC(=O)CCC4=C23)cc1. The lowest BCUT2D eigenvalue weighted by Crippen LogP contribution is -2.43. The second kappa shape index (κ2) is 10.3. The highest BCUT2D eigenvalue weighted by Gasteiger charge is 2.56. The summed E-state index contributed by atoms with van der Waals surface area (Å²) in [6.07, 6.45) is 18.2. The van der Waals surface area contributed by atoms with Gasteiger partial charge in [-0.1, -0.05) is 36.3 Å². The molecule has 2 fully saturated rings. The second-order valence-corrected chi connectivity index (χ2v) is 11.4. The maximum absolute atomic E-state index is 13.1. The van der Waals surface area contributed by atoms with Gasteiger partial charge in [-0.15, -0.1) is 12.3 Å². The van der Waals surface area contributed by atoms with Crippen molar-refractivity contribution in [3.05, 3.63) is 64.3 Å². The smallest absolute Gasteiger partial charge is 0.156 e. The fourth-order valence-electron chi connectivity index (χ4n) is 7.38. The lowest BCUT2D eigenvalue weighted by molar-refractivity contribution is -0.128. The molecular formula is C33H38O3. The summed E-state index contributed by atoms with van der Waals surface area (Å²) >= 11 is 0. The van der Waals surface area contributed by atoms with Crippen LogP contribution in [0.4, 0.5) is 0 Å². The fraction of sp³-hybridized carbons (Fsp3) is 0.515. The molecule has 0 aliphatic heterocycles. The van der Waals surface area contributed by atoms with Gasteiger partial charge in [-0.05, 0) is 98.6 Å². The summed E-state index contributed by atoms with van der Waals surface area (Å²) in [5.41, 5.74) is 6.59. The van der Waals surface area contributed by atoms with Crippen LogP contribution < -0.4 is 4.74 Å². The molecule has 5 rings (SSSR count). The predicted molar refractivity (Wildman–Crippen MR) is 144 cm³/mol. The molecular weight excluding hydrogens is 444 g/mol. The molecule has 36 heavy (non-hydrogen) atoms. The number of rotatable bonds is 7. The van der Waals surface area contributed by atoms with Gasteiger partial charge in [0.2, 0.25) is 0 Å². The average molecular weight is 483 g/mol. The van der Waals surface area contributed by atoms with Crippen LogP contribution in [0.1, 0.15) is 89.5 Å². The van der Waals surface area contributed by atoms with Crippen LogP contribution in [-0.2, 0) is 9.59 Å². The van der Waals surface area contributed by atoms with E-state index < -0.39 is 0 Å². The molecule has 4 aliphatic rings. The molecule has 4 unspecified atom stereocenters. The minimum Gasteiger partial charge on any atom is -0.493 e. The Balaban J connectivity index is 1.38. The van der Waals surface area contributed by atoms with E-state index in [1.165, 1.54) is 22.3 Å². The van der Waals surface area contributed by atoms with Crippen molar-refractivity contribution in [2.45, 2.75) is 84.0 Å². The third-order valence-electron chi connectivity index (χ3n) is 9.27. The minimum absolute atomic E-state index is 0.232. The molecule has 4 atom stereocenters. The first-order valence-corrected chi connectivity index (χ1v) is 13.7. The Morgan fingerprint density at radius 3 is 2.72 bits per heavy atom. The average Bonchev–Trinajstić information content (AvgIpc) is 3.18. The first-order chi connectivity index (χ1) is 17.4. The Hall–Kier alpha value is -2.86. The molecule has 0 bridgehead atoms. The van der Waals surface area contributed by atoms with Crippen molar-refractivity contribution in [1.82, 2.24) is 0 Å². The first-order valence-electron chi connectivity index (χ1n) is 13.7. The van der Waals surface area contributed by atoms with Crippen molar-refractivity contribution in [3.63, 3.8) is 0 Å². The quantitative estimate of drug-likeness (QED) is 0.233. The molecule has 0 spiro atoms. The van der Waals surface area contributed by atoms with E-state index in [4.69, 9.17) is 11.2 Å². The number of carbonyl (C=O) groups is 2. The number of Topliss-reactive ketones (excluding diaryl/α,β-unsaturated/α-hetero) is 1. The molecule has 3 nitrogen and oxygen atoms in total. The molecule has 1 aromatic rings. The molecule has 0 aromatic heterocycles. The van der Waals surface area contributed by atoms with Gasteiger partial charge in [-0.2, -0.15) is 0 Å². The van der Waals surface area contributed by atoms with E-state index in [9.17, 15) is 9.59 Å². The molecule has 0 N–H and O–H groups in total. The molecule has 1 aromatic carbocycles. The summed E-state index contributed by atoms with van der Waals surface area (Å²) in [4.78, 5) is 25.3. The van der Waals surface area contributed by atoms with Crippen molar-refractivity contribution in [2.24, 2.45) is 17.3 Å². The lowest BCUT2D eigenvalue weighted by atomic mass is 9.53. The van der Waals surface area contributed by atoms with E-state index in [-0.39, 0.29) is 17.1 Å². The number of carbonyl (C=O) groups excluding carboxylic acids is 2. The Morgan fingerprint density at radius 1 is 1.14 bits per heavy atom. The van der Waals surface area contributed by atoms with Crippen molar-refractivity contribution < 1.29 is 14.3 Å². The van der Waals surface area contributed by atoms with Crippen LogP contribution in [0.2, 0.25) is 0 Å². The van der Waals surface area contributed by atoms with Gasteiger partial charge in [-0.3, -0.25) is 9.59 Å². The Bertz CT molecular complexity index is 1170. The topological polar surface area (TPSA) is 43.4 Å². The summed E-state index contributed by atoms with van der Waals surface area (Å²) in [5.74, 6) is 5.43. The van der Waals surface area contributed by atoms with Crippen LogP contribution in [-0.4, -0.2) is 18.2 Å². The van der Waals surface area contributed by atoms with E-state index in [0.717, 1.165) is 63.5 Å². The number of fused-ring (bicyclic) bond motifs is 4. The number of terminal acetylenes is 1. The molecule has 188 valence electrons. The number of hydrogen-bond acceptors (Lipinski definition) is 3. The first kappa shape index (κ1) is 24.8. The summed E-state index contributed by atoms with van der Waals surface area (Å²) in [5, 5.41) is 0. The van der Waals surface area contributed by atoms with E-state index in [1.54, 1.807) is 5.57 Å². The molecule has 0 heterocycles. The second-order valence-electron chi connectivity index (χ2n) is 11.4. The van der Waals surface area contributed by atoms with E-state index >= 15 is 0 Å². The Kier molecular flexibility index (Phi) is 7.07. The Morgan fingerprint density at radius 2 is 1.94 bits per heavy atom. The van der Waals surface area contributed by atoms with Crippen LogP contribution in [0.15, 0.2) is 58.7 Å². The molecule has 3 heteroatoms. The molecule has 0 amide bonds. The summed E-state index contributed by atoms with van der Waals surface area (Å²) in [6, 6.07) is 8.57. The van der Waals surface area contributed by atoms with Gasteiger partial charge in [0.05, 0.1) is 6.61 Å². The largest absolute Gasteiger partial charge is 0.493 e. The zero-order valence-corrected chi connectivity index (χ0v) is 21.8. The molecule has 0 saturated heterocycles. The summed E-state index contributed by atoms with van der Waals surface area (Å²) < 4.78 is 6.02. The van der Waals surface area contributed by atoms with Crippen LogP contribution in [0.3, 0.4) is 0 Å². The summed E-state index contributed by atoms with van der Waals surface area (Å²) in [7, 11) is 0. The number of ether oxygens (including phenoxy) is 1. The highest BCUT2D eigenvalue weighted by atomic mass is 16.5. The van der Waals surface area contributed by atoms with Gasteiger partial charge in [0.15, 0.2) is 5.78 Å². The van der Waals surface area contributed by atoms with Crippen molar-refractivity contribution in [2.75, 3.05) is 6.61 Å². The van der Waals surface area contributed by atoms with Crippen LogP contribution >= 0.6 is 0 Å². The van der Waals surface area contributed by atoms with Gasteiger partial charge in [0, 0.05) is 30.6 Å². The third kappa shape index (κ3) is 4.63. The standard InChI is InChI=1S/C33H38O3/c1-4-5-7-22(2)8-6-19-36-26-13-9-23(10-14-26)29-21-33(3)30(17-18-31(33)35)28-15-11-24-20-25(34)12-16-27(24)32(28)29/h1,8-10,13-14,20,28-30H,5-7,11-12,15-19,21H2,2-3H3. The van der Waals surface area contributed by atoms with Gasteiger partial charge < -0.3 is 4.74 Å². The zero-order chi connectivity index (χ0) is 25.3. The molecule has 4 aliphatic carbocycles. The van der Waals surface area contributed by atoms with Crippen molar-refractivity contribution in [1.29, 1.82) is 0 Å². The Labute approximate surface area is 216 Å². The fourth-order valence-corrected chi connectivity index (χ4v) is 7.38.